The van der Waals surface area contributed by atoms with E-state index in [0.717, 1.165) is 21.6 Å². The molecule has 1 aliphatic heterocycles. The highest BCUT2D eigenvalue weighted by Gasteiger charge is 2.40. The summed E-state index contributed by atoms with van der Waals surface area (Å²) >= 11 is 7.11. The molecule has 31 heavy (non-hydrogen) atoms. The molecule has 0 fully saturated rings. The van der Waals surface area contributed by atoms with Gasteiger partial charge in [0, 0.05) is 15.6 Å². The normalized spacial score (nSPS) is 13.7. The molecule has 8 heteroatoms. The van der Waals surface area contributed by atoms with Crippen molar-refractivity contribution in [2.75, 3.05) is 17.3 Å². The van der Waals surface area contributed by atoms with Crippen molar-refractivity contribution in [2.24, 2.45) is 0 Å². The fourth-order valence-electron chi connectivity index (χ4n) is 2.98. The Morgan fingerprint density at radius 1 is 0.903 bits per heavy atom. The molecular weight excluding hydrogens is 439 g/mol. The van der Waals surface area contributed by atoms with Crippen molar-refractivity contribution >= 4 is 46.6 Å². The number of imide groups is 1. The van der Waals surface area contributed by atoms with Crippen LogP contribution in [0.5, 0.6) is 5.75 Å². The smallest absolute Gasteiger partial charge is 0.283 e. The van der Waals surface area contributed by atoms with E-state index in [-0.39, 0.29) is 10.6 Å². The molecule has 1 aliphatic rings. The molecule has 3 aromatic rings. The monoisotopic (exact) mass is 454 g/mol. The molecule has 0 unspecified atom stereocenters. The van der Waals surface area contributed by atoms with Gasteiger partial charge in [-0.2, -0.15) is 0 Å². The van der Waals surface area contributed by atoms with Crippen LogP contribution in [0.25, 0.3) is 0 Å². The van der Waals surface area contributed by atoms with Crippen LogP contribution in [0.3, 0.4) is 0 Å². The number of nitrogens with zero attached hydrogens (tertiary/aromatic N) is 1. The molecule has 2 amide bonds. The van der Waals surface area contributed by atoms with Gasteiger partial charge in [0.1, 0.15) is 22.2 Å². The molecule has 1 heterocycles. The van der Waals surface area contributed by atoms with Crippen LogP contribution in [-0.4, -0.2) is 18.9 Å². The Hall–Kier alpha value is -3.29. The van der Waals surface area contributed by atoms with Crippen LogP contribution in [0.1, 0.15) is 0 Å². The summed E-state index contributed by atoms with van der Waals surface area (Å²) in [6, 6.07) is 19.1. The molecule has 0 bridgehead atoms. The van der Waals surface area contributed by atoms with E-state index in [4.69, 9.17) is 16.3 Å². The van der Waals surface area contributed by atoms with Gasteiger partial charge in [0.05, 0.1) is 12.8 Å². The van der Waals surface area contributed by atoms with E-state index in [9.17, 15) is 14.0 Å². The Kier molecular flexibility index (Phi) is 5.97. The quantitative estimate of drug-likeness (QED) is 0.500. The zero-order valence-corrected chi connectivity index (χ0v) is 17.8. The van der Waals surface area contributed by atoms with Crippen LogP contribution < -0.4 is 15.0 Å². The van der Waals surface area contributed by atoms with Crippen LogP contribution in [0, 0.1) is 5.82 Å². The van der Waals surface area contributed by atoms with Crippen molar-refractivity contribution in [3.63, 3.8) is 0 Å². The fourth-order valence-corrected chi connectivity index (χ4v) is 4.03. The number of anilines is 2. The van der Waals surface area contributed by atoms with Gasteiger partial charge in [-0.05, 0) is 72.8 Å². The minimum Gasteiger partial charge on any atom is -0.497 e. The SMILES string of the molecule is COc1ccc(N2C(=O)C(Nc3ccc(F)cc3)=C(Sc3ccc(Cl)cc3)C2=O)cc1. The predicted octanol–water partition coefficient (Wildman–Crippen LogP) is 5.48. The summed E-state index contributed by atoms with van der Waals surface area (Å²) in [6.45, 7) is 0. The standard InChI is InChI=1S/C23H16ClFN2O3S/c1-30-18-10-8-17(9-11-18)27-22(28)20(26-16-6-4-15(25)5-7-16)21(23(27)29)31-19-12-2-14(24)3-13-19/h2-13,26H,1H3. The Morgan fingerprint density at radius 3 is 2.16 bits per heavy atom. The first-order chi connectivity index (χ1) is 15.0. The van der Waals surface area contributed by atoms with Gasteiger partial charge in [-0.25, -0.2) is 9.29 Å². The first-order valence-electron chi connectivity index (χ1n) is 9.19. The number of ether oxygens (including phenoxy) is 1. The van der Waals surface area contributed by atoms with Gasteiger partial charge in [0.2, 0.25) is 0 Å². The van der Waals surface area contributed by atoms with Crippen LogP contribution >= 0.6 is 23.4 Å². The summed E-state index contributed by atoms with van der Waals surface area (Å²) in [5, 5.41) is 3.55. The van der Waals surface area contributed by atoms with Crippen molar-refractivity contribution in [3.05, 3.63) is 94.2 Å². The number of benzene rings is 3. The van der Waals surface area contributed by atoms with Crippen molar-refractivity contribution < 1.29 is 18.7 Å². The molecule has 3 aromatic carbocycles. The molecule has 0 spiro atoms. The maximum absolute atomic E-state index is 13.3. The largest absolute Gasteiger partial charge is 0.497 e. The average molecular weight is 455 g/mol. The highest BCUT2D eigenvalue weighted by Crippen LogP contribution is 2.38. The highest BCUT2D eigenvalue weighted by molar-refractivity contribution is 8.04. The van der Waals surface area contributed by atoms with E-state index in [1.54, 1.807) is 48.5 Å². The number of hydrogen-bond donors (Lipinski definition) is 1. The molecule has 0 radical (unpaired) electrons. The van der Waals surface area contributed by atoms with Crippen molar-refractivity contribution in [2.45, 2.75) is 4.90 Å². The number of hydrogen-bond acceptors (Lipinski definition) is 5. The summed E-state index contributed by atoms with van der Waals surface area (Å²) in [7, 11) is 1.54. The van der Waals surface area contributed by atoms with Gasteiger partial charge in [-0.1, -0.05) is 23.4 Å². The molecule has 0 aliphatic carbocycles. The topological polar surface area (TPSA) is 58.6 Å². The number of thioether (sulfide) groups is 1. The number of halogens is 2. The van der Waals surface area contributed by atoms with Crippen molar-refractivity contribution in [1.82, 2.24) is 0 Å². The second kappa shape index (κ2) is 8.83. The number of amides is 2. The van der Waals surface area contributed by atoms with E-state index in [2.05, 4.69) is 5.32 Å². The second-order valence-electron chi connectivity index (χ2n) is 6.54. The number of carbonyl (C=O) groups excluding carboxylic acids is 2. The summed E-state index contributed by atoms with van der Waals surface area (Å²) in [5.41, 5.74) is 1.02. The Labute approximate surface area is 187 Å². The minimum atomic E-state index is -0.504. The Bertz CT molecular complexity index is 1090. The zero-order chi connectivity index (χ0) is 22.0. The summed E-state index contributed by atoms with van der Waals surface area (Å²) in [4.78, 5) is 28.6. The Morgan fingerprint density at radius 2 is 1.55 bits per heavy atom. The van der Waals surface area contributed by atoms with E-state index < -0.39 is 17.6 Å². The molecule has 1 N–H and O–H groups in total. The fraction of sp³-hybridized carbons (Fsp3) is 0.0435. The van der Waals surface area contributed by atoms with Gasteiger partial charge in [0.15, 0.2) is 0 Å². The van der Waals surface area contributed by atoms with Crippen molar-refractivity contribution in [1.29, 1.82) is 0 Å². The molecule has 5 nitrogen and oxygen atoms in total. The van der Waals surface area contributed by atoms with Crippen LogP contribution in [-0.2, 0) is 9.59 Å². The number of rotatable bonds is 6. The lowest BCUT2D eigenvalue weighted by Gasteiger charge is -2.15. The average Bonchev–Trinajstić information content (AvgIpc) is 3.01. The van der Waals surface area contributed by atoms with Gasteiger partial charge in [-0.3, -0.25) is 9.59 Å². The van der Waals surface area contributed by atoms with Crippen LogP contribution in [0.15, 0.2) is 88.3 Å². The lowest BCUT2D eigenvalue weighted by molar-refractivity contribution is -0.120. The molecule has 156 valence electrons. The molecule has 4 rings (SSSR count). The number of nitrogens with one attached hydrogen (secondary N) is 1. The van der Waals surface area contributed by atoms with Crippen molar-refractivity contribution in [3.8, 4) is 5.75 Å². The lowest BCUT2D eigenvalue weighted by atomic mass is 10.2. The minimum absolute atomic E-state index is 0.118. The van der Waals surface area contributed by atoms with Gasteiger partial charge < -0.3 is 10.1 Å². The van der Waals surface area contributed by atoms with E-state index in [1.165, 1.54) is 31.4 Å². The molecule has 0 atom stereocenters. The molecule has 0 saturated heterocycles. The zero-order valence-electron chi connectivity index (χ0n) is 16.3. The first-order valence-corrected chi connectivity index (χ1v) is 10.4. The van der Waals surface area contributed by atoms with E-state index in [0.29, 0.717) is 22.1 Å². The number of methoxy groups -OCH3 is 1. The first kappa shape index (κ1) is 21.0. The van der Waals surface area contributed by atoms with E-state index in [1.807, 2.05) is 0 Å². The number of carbonyl (C=O) groups is 2. The molecule has 0 aromatic heterocycles. The Balaban J connectivity index is 1.71. The second-order valence-corrected chi connectivity index (χ2v) is 8.06. The maximum atomic E-state index is 13.3. The summed E-state index contributed by atoms with van der Waals surface area (Å²) < 4.78 is 18.4. The van der Waals surface area contributed by atoms with Crippen LogP contribution in [0.4, 0.5) is 15.8 Å². The summed E-state index contributed by atoms with van der Waals surface area (Å²) in [5.74, 6) is -0.754. The highest BCUT2D eigenvalue weighted by atomic mass is 35.5. The van der Waals surface area contributed by atoms with Gasteiger partial charge in [-0.15, -0.1) is 0 Å². The van der Waals surface area contributed by atoms with E-state index >= 15 is 0 Å². The third-order valence-corrected chi connectivity index (χ3v) is 5.86. The van der Waals surface area contributed by atoms with Crippen LogP contribution in [0.2, 0.25) is 5.02 Å². The van der Waals surface area contributed by atoms with Gasteiger partial charge in [0.25, 0.3) is 11.8 Å². The molecular formula is C23H16ClFN2O3S. The third kappa shape index (κ3) is 4.42. The molecule has 0 saturated carbocycles. The summed E-state index contributed by atoms with van der Waals surface area (Å²) in [6.07, 6.45) is 0. The lowest BCUT2D eigenvalue weighted by Crippen LogP contribution is -2.32. The maximum Gasteiger partial charge on any atom is 0.283 e. The predicted molar refractivity (Wildman–Crippen MR) is 120 cm³/mol. The third-order valence-electron chi connectivity index (χ3n) is 4.52. The van der Waals surface area contributed by atoms with Gasteiger partial charge >= 0.3 is 0 Å².